The summed E-state index contributed by atoms with van der Waals surface area (Å²) in [6, 6.07) is 0. The van der Waals surface area contributed by atoms with Gasteiger partial charge in [0.05, 0.1) is 12.2 Å². The Labute approximate surface area is 83.1 Å². The second-order valence-corrected chi connectivity index (χ2v) is 4.01. The molecule has 1 saturated heterocycles. The third-order valence-corrected chi connectivity index (χ3v) is 3.08. The van der Waals surface area contributed by atoms with Crippen LogP contribution in [0.3, 0.4) is 0 Å². The molecule has 5 heteroatoms. The molecular weight excluding hydrogens is 180 g/mol. The van der Waals surface area contributed by atoms with Crippen LogP contribution >= 0.6 is 0 Å². The molecule has 14 heavy (non-hydrogen) atoms. The van der Waals surface area contributed by atoms with Gasteiger partial charge < -0.3 is 10.5 Å². The van der Waals surface area contributed by atoms with Crippen molar-refractivity contribution in [1.29, 1.82) is 0 Å². The zero-order chi connectivity index (χ0) is 10.3. The monoisotopic (exact) mass is 196 g/mol. The molecule has 4 unspecified atom stereocenters. The normalized spacial score (nSPS) is 37.6. The van der Waals surface area contributed by atoms with E-state index in [2.05, 4.69) is 36.0 Å². The summed E-state index contributed by atoms with van der Waals surface area (Å²) in [4.78, 5) is 4.16. The fourth-order valence-corrected chi connectivity index (χ4v) is 2.17. The Morgan fingerprint density at radius 1 is 1.29 bits per heavy atom. The second kappa shape index (κ2) is 3.24. The molecule has 3 N–H and O–H groups in total. The molecule has 0 aromatic carbocycles. The molecular formula is C9H16N4O. The highest BCUT2D eigenvalue weighted by Crippen LogP contribution is 2.38. The van der Waals surface area contributed by atoms with Gasteiger partial charge in [0.15, 0.2) is 0 Å². The van der Waals surface area contributed by atoms with Crippen LogP contribution in [0.5, 0.6) is 0 Å². The molecule has 78 valence electrons. The van der Waals surface area contributed by atoms with Crippen molar-refractivity contribution in [2.45, 2.75) is 38.9 Å². The Bertz CT molecular complexity index is 324. The minimum atomic E-state index is 0.173. The van der Waals surface area contributed by atoms with Gasteiger partial charge in [0.2, 0.25) is 5.95 Å². The van der Waals surface area contributed by atoms with Gasteiger partial charge in [-0.05, 0) is 19.8 Å². The van der Waals surface area contributed by atoms with Crippen LogP contribution < -0.4 is 5.73 Å². The van der Waals surface area contributed by atoms with E-state index in [9.17, 15) is 0 Å². The maximum Gasteiger partial charge on any atom is 0.239 e. The van der Waals surface area contributed by atoms with E-state index in [-0.39, 0.29) is 18.1 Å². The van der Waals surface area contributed by atoms with E-state index in [0.717, 1.165) is 5.82 Å². The Morgan fingerprint density at radius 3 is 2.43 bits per heavy atom. The van der Waals surface area contributed by atoms with Crippen LogP contribution in [-0.2, 0) is 4.74 Å². The van der Waals surface area contributed by atoms with Crippen LogP contribution in [0.25, 0.3) is 0 Å². The van der Waals surface area contributed by atoms with Crippen molar-refractivity contribution in [1.82, 2.24) is 15.2 Å². The van der Waals surface area contributed by atoms with Crippen molar-refractivity contribution in [2.75, 3.05) is 5.73 Å². The fourth-order valence-electron chi connectivity index (χ4n) is 2.17. The number of H-pyrrole nitrogens is 1. The molecule has 1 aromatic heterocycles. The summed E-state index contributed by atoms with van der Waals surface area (Å²) in [7, 11) is 0. The van der Waals surface area contributed by atoms with Crippen molar-refractivity contribution in [2.24, 2.45) is 5.92 Å². The van der Waals surface area contributed by atoms with E-state index in [1.807, 2.05) is 0 Å². The average Bonchev–Trinajstić information content (AvgIpc) is 2.60. The first-order valence-corrected chi connectivity index (χ1v) is 4.93. The van der Waals surface area contributed by atoms with E-state index in [1.54, 1.807) is 0 Å². The molecule has 0 aliphatic carbocycles. The molecule has 1 aliphatic heterocycles. The van der Waals surface area contributed by atoms with Gasteiger partial charge in [-0.3, -0.25) is 5.10 Å². The molecule has 2 rings (SSSR count). The number of nitrogen functional groups attached to an aromatic ring is 1. The summed E-state index contributed by atoms with van der Waals surface area (Å²) in [6.07, 6.45) is 0.439. The molecule has 1 aromatic rings. The molecule has 1 fully saturated rings. The zero-order valence-electron chi connectivity index (χ0n) is 8.69. The second-order valence-electron chi connectivity index (χ2n) is 4.01. The lowest BCUT2D eigenvalue weighted by atomic mass is 9.89. The van der Waals surface area contributed by atoms with Crippen molar-refractivity contribution < 1.29 is 4.74 Å². The molecule has 0 bridgehead atoms. The maximum atomic E-state index is 5.72. The van der Waals surface area contributed by atoms with Crippen molar-refractivity contribution in [3.8, 4) is 0 Å². The number of hydrogen-bond donors (Lipinski definition) is 2. The lowest BCUT2D eigenvalue weighted by Gasteiger charge is -2.14. The van der Waals surface area contributed by atoms with Crippen LogP contribution in [0.4, 0.5) is 5.95 Å². The van der Waals surface area contributed by atoms with Gasteiger partial charge in [-0.15, -0.1) is 5.10 Å². The number of ether oxygens (including phenoxy) is 1. The number of nitrogens with zero attached hydrogens (tertiary/aromatic N) is 2. The Hall–Kier alpha value is -1.10. The summed E-state index contributed by atoms with van der Waals surface area (Å²) in [5.74, 6) is 1.86. The topological polar surface area (TPSA) is 76.8 Å². The van der Waals surface area contributed by atoms with Gasteiger partial charge in [-0.25, -0.2) is 0 Å². The molecule has 1 aliphatic rings. The highest BCUT2D eigenvalue weighted by Gasteiger charge is 2.39. The Balaban J connectivity index is 2.25. The fraction of sp³-hybridized carbons (Fsp3) is 0.778. The van der Waals surface area contributed by atoms with E-state index >= 15 is 0 Å². The predicted molar refractivity (Wildman–Crippen MR) is 52.7 cm³/mol. The molecule has 0 spiro atoms. The minimum absolute atomic E-state index is 0.173. The molecule has 5 nitrogen and oxygen atoms in total. The summed E-state index contributed by atoms with van der Waals surface area (Å²) >= 11 is 0. The summed E-state index contributed by atoms with van der Waals surface area (Å²) in [5, 5.41) is 6.70. The lowest BCUT2D eigenvalue weighted by Crippen LogP contribution is -2.16. The minimum Gasteiger partial charge on any atom is -0.374 e. The molecule has 4 atom stereocenters. The number of anilines is 1. The van der Waals surface area contributed by atoms with Gasteiger partial charge in [-0.2, -0.15) is 4.98 Å². The molecule has 0 saturated carbocycles. The number of aromatic amines is 1. The quantitative estimate of drug-likeness (QED) is 0.700. The van der Waals surface area contributed by atoms with Crippen molar-refractivity contribution >= 4 is 5.95 Å². The first kappa shape index (κ1) is 9.45. The summed E-state index contributed by atoms with van der Waals surface area (Å²) in [5.41, 5.74) is 5.48. The SMILES string of the molecule is CC1OC(C)C(c2nc(N)n[nH]2)C1C. The zero-order valence-corrected chi connectivity index (χ0v) is 8.69. The van der Waals surface area contributed by atoms with Gasteiger partial charge in [0.25, 0.3) is 0 Å². The first-order chi connectivity index (χ1) is 6.59. The van der Waals surface area contributed by atoms with Crippen molar-refractivity contribution in [3.05, 3.63) is 5.82 Å². The highest BCUT2D eigenvalue weighted by atomic mass is 16.5. The first-order valence-electron chi connectivity index (χ1n) is 4.93. The van der Waals surface area contributed by atoms with Gasteiger partial charge in [-0.1, -0.05) is 6.92 Å². The highest BCUT2D eigenvalue weighted by molar-refractivity contribution is 5.16. The van der Waals surface area contributed by atoms with Crippen LogP contribution in [-0.4, -0.2) is 27.4 Å². The number of rotatable bonds is 1. The van der Waals surface area contributed by atoms with E-state index < -0.39 is 0 Å². The summed E-state index contributed by atoms with van der Waals surface area (Å²) < 4.78 is 5.72. The van der Waals surface area contributed by atoms with Crippen molar-refractivity contribution in [3.63, 3.8) is 0 Å². The van der Waals surface area contributed by atoms with Gasteiger partial charge >= 0.3 is 0 Å². The van der Waals surface area contributed by atoms with Gasteiger partial charge in [0, 0.05) is 5.92 Å². The standard InChI is InChI=1S/C9H16N4O/c1-4-5(2)14-6(3)7(4)8-11-9(10)13-12-8/h4-7H,1-3H3,(H3,10,11,12,13). The average molecular weight is 196 g/mol. The maximum absolute atomic E-state index is 5.72. The van der Waals surface area contributed by atoms with Crippen LogP contribution in [0.15, 0.2) is 0 Å². The summed E-state index contributed by atoms with van der Waals surface area (Å²) in [6.45, 7) is 6.31. The van der Waals surface area contributed by atoms with E-state index in [4.69, 9.17) is 10.5 Å². The Kier molecular flexibility index (Phi) is 2.19. The van der Waals surface area contributed by atoms with Crippen LogP contribution in [0.1, 0.15) is 32.5 Å². The number of aromatic nitrogens is 3. The third kappa shape index (κ3) is 1.37. The van der Waals surface area contributed by atoms with E-state index in [0.29, 0.717) is 11.9 Å². The molecule has 2 heterocycles. The smallest absolute Gasteiger partial charge is 0.239 e. The number of nitrogens with one attached hydrogen (secondary N) is 1. The van der Waals surface area contributed by atoms with Gasteiger partial charge in [0.1, 0.15) is 5.82 Å². The third-order valence-electron chi connectivity index (χ3n) is 3.08. The predicted octanol–water partition coefficient (Wildman–Crippen LogP) is 0.914. The van der Waals surface area contributed by atoms with Crippen LogP contribution in [0, 0.1) is 5.92 Å². The number of hydrogen-bond acceptors (Lipinski definition) is 4. The van der Waals surface area contributed by atoms with E-state index in [1.165, 1.54) is 0 Å². The largest absolute Gasteiger partial charge is 0.374 e. The number of nitrogens with two attached hydrogens (primary N) is 1. The Morgan fingerprint density at radius 2 is 2.00 bits per heavy atom. The molecule has 0 amide bonds. The van der Waals surface area contributed by atoms with Crippen LogP contribution in [0.2, 0.25) is 0 Å². The molecule has 0 radical (unpaired) electrons. The lowest BCUT2D eigenvalue weighted by molar-refractivity contribution is 0.0553.